The topological polar surface area (TPSA) is 68.0 Å². The van der Waals surface area contributed by atoms with Crippen molar-refractivity contribution in [2.75, 3.05) is 0 Å². The average Bonchev–Trinajstić information content (AvgIpc) is 2.73. The van der Waals surface area contributed by atoms with Gasteiger partial charge in [0.15, 0.2) is 5.69 Å². The van der Waals surface area contributed by atoms with Crippen molar-refractivity contribution in [1.82, 2.24) is 15.0 Å². The van der Waals surface area contributed by atoms with Gasteiger partial charge in [0.2, 0.25) is 0 Å². The molecule has 88 valence electrons. The Morgan fingerprint density at radius 2 is 2.06 bits per heavy atom. The first kappa shape index (κ1) is 12.0. The second-order valence-corrected chi connectivity index (χ2v) is 4.68. The molecule has 0 amide bonds. The minimum atomic E-state index is -1.04. The van der Waals surface area contributed by atoms with Crippen molar-refractivity contribution >= 4 is 28.6 Å². The molecule has 0 bridgehead atoms. The lowest BCUT2D eigenvalue weighted by molar-refractivity contribution is 0.0689. The van der Waals surface area contributed by atoms with Gasteiger partial charge in [-0.3, -0.25) is 0 Å². The molecule has 5 nitrogen and oxygen atoms in total. The number of carbonyl (C=O) groups is 1. The number of nitrogens with zero attached hydrogens (tertiary/aromatic N) is 3. The summed E-state index contributed by atoms with van der Waals surface area (Å²) in [4.78, 5) is 11.0. The zero-order valence-corrected chi connectivity index (χ0v) is 11.2. The maximum absolute atomic E-state index is 11.0. The largest absolute Gasteiger partial charge is 0.476 e. The fourth-order valence-corrected chi connectivity index (χ4v) is 1.93. The molecular formula is C11H10IN3O2. The standard InChI is InChI=1S/C11H10IN3O2/c1-2-9-10(11(16)17)13-14-15(9)8-5-3-7(12)4-6-8/h3-6H,2H2,1H3,(H,16,17). The number of rotatable bonds is 3. The lowest BCUT2D eigenvalue weighted by Crippen LogP contribution is -2.05. The maximum Gasteiger partial charge on any atom is 0.358 e. The zero-order valence-electron chi connectivity index (χ0n) is 9.09. The Bertz CT molecular complexity index is 548. The van der Waals surface area contributed by atoms with Gasteiger partial charge in [-0.1, -0.05) is 12.1 Å². The van der Waals surface area contributed by atoms with Gasteiger partial charge in [0, 0.05) is 3.57 Å². The second kappa shape index (κ2) is 4.82. The van der Waals surface area contributed by atoms with E-state index < -0.39 is 5.97 Å². The van der Waals surface area contributed by atoms with Gasteiger partial charge in [0.05, 0.1) is 11.4 Å². The third-order valence-corrected chi connectivity index (χ3v) is 3.09. The summed E-state index contributed by atoms with van der Waals surface area (Å²) in [5.41, 5.74) is 1.45. The molecule has 17 heavy (non-hydrogen) atoms. The highest BCUT2D eigenvalue weighted by Crippen LogP contribution is 2.15. The van der Waals surface area contributed by atoms with Crippen molar-refractivity contribution in [2.24, 2.45) is 0 Å². The van der Waals surface area contributed by atoms with Crippen LogP contribution in [-0.4, -0.2) is 26.1 Å². The van der Waals surface area contributed by atoms with Crippen molar-refractivity contribution in [3.8, 4) is 5.69 Å². The van der Waals surface area contributed by atoms with Gasteiger partial charge in [-0.15, -0.1) is 5.10 Å². The van der Waals surface area contributed by atoms with E-state index in [4.69, 9.17) is 5.11 Å². The Morgan fingerprint density at radius 3 is 2.59 bits per heavy atom. The number of benzene rings is 1. The van der Waals surface area contributed by atoms with Crippen molar-refractivity contribution < 1.29 is 9.90 Å². The smallest absolute Gasteiger partial charge is 0.358 e. The number of carboxylic acid groups (broad SMARTS) is 1. The summed E-state index contributed by atoms with van der Waals surface area (Å²) in [6, 6.07) is 7.66. The van der Waals surface area contributed by atoms with Crippen molar-refractivity contribution in [3.63, 3.8) is 0 Å². The summed E-state index contributed by atoms with van der Waals surface area (Å²) in [5, 5.41) is 16.6. The molecule has 0 aliphatic heterocycles. The number of carboxylic acids is 1. The molecule has 1 heterocycles. The van der Waals surface area contributed by atoms with Crippen molar-refractivity contribution in [1.29, 1.82) is 0 Å². The lowest BCUT2D eigenvalue weighted by atomic mass is 10.2. The predicted octanol–water partition coefficient (Wildman–Crippen LogP) is 2.13. The summed E-state index contributed by atoms with van der Waals surface area (Å²) in [5.74, 6) is -1.04. The van der Waals surface area contributed by atoms with Crippen LogP contribution < -0.4 is 0 Å². The molecule has 0 radical (unpaired) electrons. The molecule has 0 atom stereocenters. The molecule has 0 spiro atoms. The Hall–Kier alpha value is -1.44. The van der Waals surface area contributed by atoms with E-state index in [1.807, 2.05) is 31.2 Å². The van der Waals surface area contributed by atoms with E-state index in [0.29, 0.717) is 12.1 Å². The van der Waals surface area contributed by atoms with E-state index in [1.54, 1.807) is 4.68 Å². The van der Waals surface area contributed by atoms with E-state index in [2.05, 4.69) is 32.9 Å². The van der Waals surface area contributed by atoms with Crippen LogP contribution in [-0.2, 0) is 6.42 Å². The van der Waals surface area contributed by atoms with Gasteiger partial charge in [0.25, 0.3) is 0 Å². The minimum absolute atomic E-state index is 0.0195. The Labute approximate surface area is 112 Å². The van der Waals surface area contributed by atoms with Crippen LogP contribution in [0.25, 0.3) is 5.69 Å². The molecule has 2 aromatic rings. The zero-order chi connectivity index (χ0) is 12.4. The van der Waals surface area contributed by atoms with Crippen LogP contribution in [0.1, 0.15) is 23.1 Å². The van der Waals surface area contributed by atoms with E-state index in [-0.39, 0.29) is 5.69 Å². The number of aromatic nitrogens is 3. The van der Waals surface area contributed by atoms with Crippen molar-refractivity contribution in [2.45, 2.75) is 13.3 Å². The van der Waals surface area contributed by atoms with Gasteiger partial charge in [-0.25, -0.2) is 9.48 Å². The molecule has 0 fully saturated rings. The number of hydrogen-bond donors (Lipinski definition) is 1. The van der Waals surface area contributed by atoms with Crippen LogP contribution >= 0.6 is 22.6 Å². The summed E-state index contributed by atoms with van der Waals surface area (Å²) in [7, 11) is 0. The normalized spacial score (nSPS) is 10.5. The average molecular weight is 343 g/mol. The molecule has 1 aromatic heterocycles. The summed E-state index contributed by atoms with van der Waals surface area (Å²) >= 11 is 2.21. The van der Waals surface area contributed by atoms with Crippen molar-refractivity contribution in [3.05, 3.63) is 39.2 Å². The Morgan fingerprint density at radius 1 is 1.41 bits per heavy atom. The molecule has 1 N–H and O–H groups in total. The lowest BCUT2D eigenvalue weighted by Gasteiger charge is -2.04. The molecule has 0 saturated heterocycles. The molecule has 6 heteroatoms. The van der Waals surface area contributed by atoms with Crippen LogP contribution in [0.4, 0.5) is 0 Å². The Balaban J connectivity index is 2.52. The third kappa shape index (κ3) is 2.31. The highest BCUT2D eigenvalue weighted by Gasteiger charge is 2.17. The number of halogens is 1. The maximum atomic E-state index is 11.0. The molecule has 2 rings (SSSR count). The van der Waals surface area contributed by atoms with Crippen LogP contribution in [0.5, 0.6) is 0 Å². The molecule has 0 unspecified atom stereocenters. The fraction of sp³-hybridized carbons (Fsp3) is 0.182. The van der Waals surface area contributed by atoms with Crippen LogP contribution in [0.15, 0.2) is 24.3 Å². The van der Waals surface area contributed by atoms with E-state index in [0.717, 1.165) is 9.26 Å². The first-order valence-electron chi connectivity index (χ1n) is 5.07. The third-order valence-electron chi connectivity index (χ3n) is 2.37. The van der Waals surface area contributed by atoms with Crippen LogP contribution in [0.3, 0.4) is 0 Å². The summed E-state index contributed by atoms with van der Waals surface area (Å²) in [6.07, 6.45) is 0.570. The van der Waals surface area contributed by atoms with E-state index in [9.17, 15) is 4.79 Å². The first-order valence-corrected chi connectivity index (χ1v) is 6.15. The van der Waals surface area contributed by atoms with Crippen LogP contribution in [0, 0.1) is 3.57 Å². The molecular weight excluding hydrogens is 333 g/mol. The molecule has 0 saturated carbocycles. The SMILES string of the molecule is CCc1c(C(=O)O)nnn1-c1ccc(I)cc1. The monoisotopic (exact) mass is 343 g/mol. The quantitative estimate of drug-likeness (QED) is 0.867. The minimum Gasteiger partial charge on any atom is -0.476 e. The molecule has 1 aromatic carbocycles. The van der Waals surface area contributed by atoms with Gasteiger partial charge in [0.1, 0.15) is 0 Å². The number of aromatic carboxylic acids is 1. The van der Waals surface area contributed by atoms with Crippen LogP contribution in [0.2, 0.25) is 0 Å². The summed E-state index contributed by atoms with van der Waals surface area (Å²) < 4.78 is 2.68. The second-order valence-electron chi connectivity index (χ2n) is 3.43. The highest BCUT2D eigenvalue weighted by atomic mass is 127. The van der Waals surface area contributed by atoms with E-state index in [1.165, 1.54) is 0 Å². The Kier molecular flexibility index (Phi) is 3.41. The van der Waals surface area contributed by atoms with E-state index >= 15 is 0 Å². The predicted molar refractivity (Wildman–Crippen MR) is 70.4 cm³/mol. The van der Waals surface area contributed by atoms with Gasteiger partial charge in [-0.2, -0.15) is 0 Å². The summed E-state index contributed by atoms with van der Waals surface area (Å²) in [6.45, 7) is 1.88. The van der Waals surface area contributed by atoms with Gasteiger partial charge in [-0.05, 0) is 53.3 Å². The molecule has 0 aliphatic carbocycles. The van der Waals surface area contributed by atoms with Gasteiger partial charge < -0.3 is 5.11 Å². The first-order chi connectivity index (χ1) is 8.13. The number of hydrogen-bond acceptors (Lipinski definition) is 3. The van der Waals surface area contributed by atoms with Gasteiger partial charge >= 0.3 is 5.97 Å². The highest BCUT2D eigenvalue weighted by molar-refractivity contribution is 14.1. The fourth-order valence-electron chi connectivity index (χ4n) is 1.57. The molecule has 0 aliphatic rings.